The van der Waals surface area contributed by atoms with Gasteiger partial charge in [-0.3, -0.25) is 0 Å². The summed E-state index contributed by atoms with van der Waals surface area (Å²) < 4.78 is 18.9. The fourth-order valence-corrected chi connectivity index (χ4v) is 1.75. The van der Waals surface area contributed by atoms with Gasteiger partial charge in [0.25, 0.3) is 0 Å². The second-order valence-corrected chi connectivity index (χ2v) is 5.38. The summed E-state index contributed by atoms with van der Waals surface area (Å²) in [5.74, 6) is 1.04. The normalized spacial score (nSPS) is 10.7. The summed E-state index contributed by atoms with van der Waals surface area (Å²) in [7, 11) is 0. The highest BCUT2D eigenvalue weighted by atomic mass is 19.1. The molecule has 0 aliphatic heterocycles. The van der Waals surface area contributed by atoms with Crippen LogP contribution in [-0.4, -0.2) is 11.6 Å². The van der Waals surface area contributed by atoms with Crippen LogP contribution in [0.1, 0.15) is 19.4 Å². The third-order valence-corrected chi connectivity index (χ3v) is 2.91. The molecular weight excluding hydrogens is 269 g/mol. The largest absolute Gasteiger partial charge is 0.476 e. The summed E-state index contributed by atoms with van der Waals surface area (Å²) in [5, 5.41) is 3.08. The van der Waals surface area contributed by atoms with E-state index in [0.717, 1.165) is 5.56 Å². The van der Waals surface area contributed by atoms with Gasteiger partial charge in [0.15, 0.2) is 0 Å². The van der Waals surface area contributed by atoms with Gasteiger partial charge >= 0.3 is 0 Å². The Morgan fingerprint density at radius 2 is 2.05 bits per heavy atom. The second kappa shape index (κ2) is 6.43. The van der Waals surface area contributed by atoms with Gasteiger partial charge in [-0.2, -0.15) is 4.98 Å². The molecule has 0 atom stereocenters. The van der Waals surface area contributed by atoms with E-state index in [9.17, 15) is 4.39 Å². The molecule has 0 spiro atoms. The highest BCUT2D eigenvalue weighted by Gasteiger charge is 2.07. The van der Waals surface area contributed by atoms with E-state index in [2.05, 4.69) is 10.3 Å². The summed E-state index contributed by atoms with van der Waals surface area (Å²) in [5.41, 5.74) is 7.93. The van der Waals surface area contributed by atoms with E-state index < -0.39 is 0 Å². The molecule has 0 bridgehead atoms. The molecule has 0 amide bonds. The Bertz CT molecular complexity index is 629. The summed E-state index contributed by atoms with van der Waals surface area (Å²) in [4.78, 5) is 4.33. The van der Waals surface area contributed by atoms with Crippen LogP contribution >= 0.6 is 0 Å². The predicted molar refractivity (Wildman–Crippen MR) is 83.4 cm³/mol. The van der Waals surface area contributed by atoms with Crippen molar-refractivity contribution in [3.05, 3.63) is 41.7 Å². The van der Waals surface area contributed by atoms with Crippen LogP contribution in [0.25, 0.3) is 0 Å². The molecule has 0 radical (unpaired) electrons. The van der Waals surface area contributed by atoms with Crippen molar-refractivity contribution >= 4 is 17.2 Å². The number of hydrogen-bond acceptors (Lipinski definition) is 4. The highest BCUT2D eigenvalue weighted by Crippen LogP contribution is 2.25. The first-order valence-corrected chi connectivity index (χ1v) is 6.88. The van der Waals surface area contributed by atoms with Crippen LogP contribution in [0.3, 0.4) is 0 Å². The second-order valence-electron chi connectivity index (χ2n) is 5.38. The fourth-order valence-electron chi connectivity index (χ4n) is 1.75. The summed E-state index contributed by atoms with van der Waals surface area (Å²) >= 11 is 0. The zero-order valence-electron chi connectivity index (χ0n) is 12.5. The minimum Gasteiger partial charge on any atom is -0.476 e. The van der Waals surface area contributed by atoms with Crippen LogP contribution in [0.15, 0.2) is 30.3 Å². The quantitative estimate of drug-likeness (QED) is 0.876. The van der Waals surface area contributed by atoms with Crippen LogP contribution in [0.5, 0.6) is 5.88 Å². The zero-order valence-corrected chi connectivity index (χ0v) is 12.5. The van der Waals surface area contributed by atoms with Gasteiger partial charge < -0.3 is 15.8 Å². The number of nitrogens with zero attached hydrogens (tertiary/aromatic N) is 1. The third-order valence-electron chi connectivity index (χ3n) is 2.91. The Labute approximate surface area is 124 Å². The number of pyridine rings is 1. The van der Waals surface area contributed by atoms with Crippen LogP contribution in [0.2, 0.25) is 0 Å². The molecule has 0 aliphatic rings. The van der Waals surface area contributed by atoms with Gasteiger partial charge in [0, 0.05) is 5.69 Å². The number of hydrogen-bond donors (Lipinski definition) is 2. The first-order valence-electron chi connectivity index (χ1n) is 6.88. The maximum atomic E-state index is 13.3. The summed E-state index contributed by atoms with van der Waals surface area (Å²) in [6.45, 7) is 6.54. The van der Waals surface area contributed by atoms with E-state index in [0.29, 0.717) is 35.6 Å². The number of nitrogens with two attached hydrogens (primary N) is 1. The molecule has 112 valence electrons. The first kappa shape index (κ1) is 15.1. The van der Waals surface area contributed by atoms with Gasteiger partial charge in [-0.15, -0.1) is 0 Å². The van der Waals surface area contributed by atoms with E-state index in [4.69, 9.17) is 10.5 Å². The Balaban J connectivity index is 2.20. The molecular formula is C16H20FN3O. The van der Waals surface area contributed by atoms with Crippen LogP contribution in [0, 0.1) is 18.7 Å². The zero-order chi connectivity index (χ0) is 15.4. The molecule has 21 heavy (non-hydrogen) atoms. The monoisotopic (exact) mass is 289 g/mol. The minimum atomic E-state index is -0.296. The molecule has 0 unspecified atom stereocenters. The average Bonchev–Trinajstić information content (AvgIpc) is 2.43. The van der Waals surface area contributed by atoms with Gasteiger partial charge in [0.1, 0.15) is 11.6 Å². The van der Waals surface area contributed by atoms with Crippen molar-refractivity contribution in [2.75, 3.05) is 17.7 Å². The van der Waals surface area contributed by atoms with Crippen molar-refractivity contribution < 1.29 is 9.13 Å². The van der Waals surface area contributed by atoms with E-state index in [-0.39, 0.29) is 5.82 Å². The van der Waals surface area contributed by atoms with Crippen LogP contribution < -0.4 is 15.8 Å². The van der Waals surface area contributed by atoms with E-state index in [1.54, 1.807) is 18.2 Å². The lowest BCUT2D eigenvalue weighted by molar-refractivity contribution is 0.263. The molecule has 3 N–H and O–H groups in total. The number of nitrogen functional groups attached to an aromatic ring is 1. The number of halogens is 1. The number of anilines is 3. The number of ether oxygens (including phenoxy) is 1. The van der Waals surface area contributed by atoms with Crippen molar-refractivity contribution in [3.8, 4) is 5.88 Å². The molecule has 5 heteroatoms. The van der Waals surface area contributed by atoms with Crippen molar-refractivity contribution in [1.29, 1.82) is 0 Å². The highest BCUT2D eigenvalue weighted by molar-refractivity contribution is 5.63. The molecule has 1 aromatic heterocycles. The Hall–Kier alpha value is -2.30. The van der Waals surface area contributed by atoms with Gasteiger partial charge in [0.2, 0.25) is 5.88 Å². The van der Waals surface area contributed by atoms with Crippen LogP contribution in [-0.2, 0) is 0 Å². The number of rotatable bonds is 5. The molecule has 0 saturated carbocycles. The molecule has 2 rings (SSSR count). The summed E-state index contributed by atoms with van der Waals surface area (Å²) in [6, 6.07) is 8.03. The number of benzene rings is 1. The van der Waals surface area contributed by atoms with Gasteiger partial charge in [-0.1, -0.05) is 19.9 Å². The molecule has 0 saturated heterocycles. The lowest BCUT2D eigenvalue weighted by atomic mass is 10.2. The Kier molecular flexibility index (Phi) is 4.62. The van der Waals surface area contributed by atoms with E-state index in [1.165, 1.54) is 12.1 Å². The van der Waals surface area contributed by atoms with Gasteiger partial charge in [0.05, 0.1) is 12.3 Å². The number of nitrogens with one attached hydrogen (secondary N) is 1. The summed E-state index contributed by atoms with van der Waals surface area (Å²) in [6.07, 6.45) is 0. The molecule has 0 fully saturated rings. The van der Waals surface area contributed by atoms with Crippen molar-refractivity contribution in [2.45, 2.75) is 20.8 Å². The molecule has 1 heterocycles. The van der Waals surface area contributed by atoms with Crippen molar-refractivity contribution in [3.63, 3.8) is 0 Å². The molecule has 2 aromatic rings. The van der Waals surface area contributed by atoms with Crippen molar-refractivity contribution in [1.82, 2.24) is 4.98 Å². The van der Waals surface area contributed by atoms with Gasteiger partial charge in [-0.05, 0) is 42.7 Å². The first-order chi connectivity index (χ1) is 9.95. The third kappa shape index (κ3) is 4.08. The maximum absolute atomic E-state index is 13.3. The van der Waals surface area contributed by atoms with Crippen molar-refractivity contribution in [2.24, 2.45) is 5.92 Å². The van der Waals surface area contributed by atoms with E-state index in [1.807, 2.05) is 20.8 Å². The SMILES string of the molecule is Cc1ccc(F)cc1Nc1ccc(N)c(OCC(C)C)n1. The standard InChI is InChI=1S/C16H20FN3O/c1-10(2)9-21-16-13(18)6-7-15(20-16)19-14-8-12(17)5-4-11(14)3/h4-8,10H,9,18H2,1-3H3,(H,19,20). The molecule has 4 nitrogen and oxygen atoms in total. The average molecular weight is 289 g/mol. The van der Waals surface area contributed by atoms with Crippen LogP contribution in [0.4, 0.5) is 21.6 Å². The number of aromatic nitrogens is 1. The Morgan fingerprint density at radius 1 is 1.29 bits per heavy atom. The lowest BCUT2D eigenvalue weighted by Crippen LogP contribution is -2.08. The fraction of sp³-hybridized carbons (Fsp3) is 0.312. The van der Waals surface area contributed by atoms with E-state index >= 15 is 0 Å². The Morgan fingerprint density at radius 3 is 2.76 bits per heavy atom. The smallest absolute Gasteiger partial charge is 0.239 e. The predicted octanol–water partition coefficient (Wildman–Crippen LogP) is 3.89. The lowest BCUT2D eigenvalue weighted by Gasteiger charge is -2.13. The topological polar surface area (TPSA) is 60.2 Å². The number of aryl methyl sites for hydroxylation is 1. The molecule has 1 aromatic carbocycles. The maximum Gasteiger partial charge on any atom is 0.239 e. The minimum absolute atomic E-state index is 0.296. The molecule has 0 aliphatic carbocycles. The van der Waals surface area contributed by atoms with Gasteiger partial charge in [-0.25, -0.2) is 4.39 Å².